The number of benzene rings is 1. The van der Waals surface area contributed by atoms with E-state index in [4.69, 9.17) is 11.6 Å². The van der Waals surface area contributed by atoms with Gasteiger partial charge in [-0.15, -0.1) is 0 Å². The van der Waals surface area contributed by atoms with Gasteiger partial charge < -0.3 is 10.6 Å². The van der Waals surface area contributed by atoms with Gasteiger partial charge in [-0.05, 0) is 43.4 Å². The molecule has 0 aliphatic rings. The van der Waals surface area contributed by atoms with Gasteiger partial charge in [0.2, 0.25) is 5.91 Å². The van der Waals surface area contributed by atoms with Crippen LogP contribution in [0.5, 0.6) is 0 Å². The van der Waals surface area contributed by atoms with Crippen LogP contribution < -0.4 is 10.6 Å². The second-order valence-electron chi connectivity index (χ2n) is 5.32. The quantitative estimate of drug-likeness (QED) is 0.838. The van der Waals surface area contributed by atoms with Gasteiger partial charge in [0.15, 0.2) is 0 Å². The van der Waals surface area contributed by atoms with Crippen molar-refractivity contribution in [1.29, 1.82) is 0 Å². The minimum atomic E-state index is -0.00306. The summed E-state index contributed by atoms with van der Waals surface area (Å²) in [4.78, 5) is 11.7. The molecule has 0 saturated carbocycles. The van der Waals surface area contributed by atoms with Gasteiger partial charge in [0.1, 0.15) is 0 Å². The SMILES string of the molecule is Cc1cc(C)c(NCC(=O)NCCC(C)C)c(Cl)c1. The number of carbonyl (C=O) groups excluding carboxylic acids is 1. The van der Waals surface area contributed by atoms with Crippen LogP contribution in [0.4, 0.5) is 5.69 Å². The normalized spacial score (nSPS) is 10.6. The van der Waals surface area contributed by atoms with Crippen LogP contribution in [0.3, 0.4) is 0 Å². The predicted molar refractivity (Wildman–Crippen MR) is 81.9 cm³/mol. The fourth-order valence-corrected chi connectivity index (χ4v) is 2.26. The van der Waals surface area contributed by atoms with E-state index in [1.807, 2.05) is 26.0 Å². The largest absolute Gasteiger partial charge is 0.375 e. The zero-order valence-corrected chi connectivity index (χ0v) is 12.9. The summed E-state index contributed by atoms with van der Waals surface area (Å²) in [5.74, 6) is 0.596. The van der Waals surface area contributed by atoms with Crippen LogP contribution in [-0.2, 0) is 4.79 Å². The summed E-state index contributed by atoms with van der Waals surface area (Å²) in [6, 6.07) is 3.94. The summed E-state index contributed by atoms with van der Waals surface area (Å²) in [5.41, 5.74) is 3.01. The summed E-state index contributed by atoms with van der Waals surface area (Å²) >= 11 is 6.17. The maximum Gasteiger partial charge on any atom is 0.239 e. The maximum absolute atomic E-state index is 11.7. The summed E-state index contributed by atoms with van der Waals surface area (Å²) in [6.07, 6.45) is 0.996. The molecular weight excluding hydrogens is 260 g/mol. The summed E-state index contributed by atoms with van der Waals surface area (Å²) in [7, 11) is 0. The number of hydrogen-bond donors (Lipinski definition) is 2. The number of amides is 1. The Kier molecular flexibility index (Phi) is 6.16. The van der Waals surface area contributed by atoms with Crippen molar-refractivity contribution < 1.29 is 4.79 Å². The lowest BCUT2D eigenvalue weighted by molar-refractivity contribution is -0.119. The average molecular weight is 283 g/mol. The van der Waals surface area contributed by atoms with Gasteiger partial charge in [0.25, 0.3) is 0 Å². The molecule has 0 heterocycles. The lowest BCUT2D eigenvalue weighted by Gasteiger charge is -2.13. The highest BCUT2D eigenvalue weighted by molar-refractivity contribution is 6.33. The van der Waals surface area contributed by atoms with E-state index in [2.05, 4.69) is 24.5 Å². The Balaban J connectivity index is 2.46. The standard InChI is InChI=1S/C15H23ClN2O/c1-10(2)5-6-17-14(19)9-18-15-12(4)7-11(3)8-13(15)16/h7-8,10,18H,5-6,9H2,1-4H3,(H,17,19). The molecule has 0 spiro atoms. The Bertz CT molecular complexity index is 421. The van der Waals surface area contributed by atoms with Crippen LogP contribution in [0, 0.1) is 19.8 Å². The molecule has 106 valence electrons. The molecule has 0 aliphatic heterocycles. The number of aryl methyl sites for hydroxylation is 2. The van der Waals surface area contributed by atoms with Crippen LogP contribution in [0.25, 0.3) is 0 Å². The van der Waals surface area contributed by atoms with E-state index in [0.29, 0.717) is 10.9 Å². The third kappa shape index (κ3) is 5.52. The molecule has 0 fully saturated rings. The van der Waals surface area contributed by atoms with Crippen molar-refractivity contribution in [2.24, 2.45) is 5.92 Å². The molecule has 0 aliphatic carbocycles. The van der Waals surface area contributed by atoms with E-state index < -0.39 is 0 Å². The molecule has 0 bridgehead atoms. The van der Waals surface area contributed by atoms with Gasteiger partial charge in [0.05, 0.1) is 17.3 Å². The van der Waals surface area contributed by atoms with Crippen LogP contribution >= 0.6 is 11.6 Å². The first-order valence-corrected chi connectivity index (χ1v) is 7.05. The van der Waals surface area contributed by atoms with E-state index in [0.717, 1.165) is 29.8 Å². The zero-order chi connectivity index (χ0) is 14.4. The lowest BCUT2D eigenvalue weighted by Crippen LogP contribution is -2.31. The Labute approximate surface area is 120 Å². The first-order valence-electron chi connectivity index (χ1n) is 6.67. The van der Waals surface area contributed by atoms with Gasteiger partial charge in [-0.2, -0.15) is 0 Å². The van der Waals surface area contributed by atoms with Crippen molar-refractivity contribution in [3.63, 3.8) is 0 Å². The monoisotopic (exact) mass is 282 g/mol. The molecule has 0 atom stereocenters. The summed E-state index contributed by atoms with van der Waals surface area (Å²) in [5, 5.41) is 6.65. The molecule has 0 saturated heterocycles. The number of rotatable bonds is 6. The highest BCUT2D eigenvalue weighted by atomic mass is 35.5. The van der Waals surface area contributed by atoms with Crippen molar-refractivity contribution in [1.82, 2.24) is 5.32 Å². The molecule has 0 aromatic heterocycles. The number of halogens is 1. The molecule has 1 rings (SSSR count). The van der Waals surface area contributed by atoms with E-state index in [1.54, 1.807) is 0 Å². The Morgan fingerprint density at radius 1 is 1.32 bits per heavy atom. The fourth-order valence-electron chi connectivity index (χ4n) is 1.87. The van der Waals surface area contributed by atoms with Crippen LogP contribution in [0.2, 0.25) is 5.02 Å². The smallest absolute Gasteiger partial charge is 0.239 e. The van der Waals surface area contributed by atoms with Crippen molar-refractivity contribution >= 4 is 23.2 Å². The summed E-state index contributed by atoms with van der Waals surface area (Å²) < 4.78 is 0. The molecule has 0 radical (unpaired) electrons. The number of nitrogens with one attached hydrogen (secondary N) is 2. The van der Waals surface area contributed by atoms with Crippen LogP contribution in [0.1, 0.15) is 31.4 Å². The third-order valence-corrected chi connectivity index (χ3v) is 3.20. The van der Waals surface area contributed by atoms with E-state index >= 15 is 0 Å². The molecule has 1 aromatic rings. The molecule has 4 heteroatoms. The minimum absolute atomic E-state index is 0.00306. The molecule has 0 unspecified atom stereocenters. The van der Waals surface area contributed by atoms with E-state index in [-0.39, 0.29) is 12.5 Å². The van der Waals surface area contributed by atoms with Gasteiger partial charge in [-0.1, -0.05) is 31.5 Å². The van der Waals surface area contributed by atoms with Crippen molar-refractivity contribution in [3.05, 3.63) is 28.3 Å². The third-order valence-electron chi connectivity index (χ3n) is 2.90. The fraction of sp³-hybridized carbons (Fsp3) is 0.533. The van der Waals surface area contributed by atoms with Crippen LogP contribution in [-0.4, -0.2) is 19.0 Å². The van der Waals surface area contributed by atoms with Crippen molar-refractivity contribution in [2.75, 3.05) is 18.4 Å². The van der Waals surface area contributed by atoms with Gasteiger partial charge >= 0.3 is 0 Å². The molecule has 1 amide bonds. The molecule has 3 nitrogen and oxygen atoms in total. The number of carbonyl (C=O) groups is 1. The van der Waals surface area contributed by atoms with E-state index in [9.17, 15) is 4.79 Å². The Morgan fingerprint density at radius 2 is 2.00 bits per heavy atom. The highest BCUT2D eigenvalue weighted by Gasteiger charge is 2.07. The first-order chi connectivity index (χ1) is 8.90. The Morgan fingerprint density at radius 3 is 2.58 bits per heavy atom. The van der Waals surface area contributed by atoms with E-state index in [1.165, 1.54) is 0 Å². The van der Waals surface area contributed by atoms with Gasteiger partial charge in [-0.3, -0.25) is 4.79 Å². The zero-order valence-electron chi connectivity index (χ0n) is 12.1. The molecule has 1 aromatic carbocycles. The molecule has 2 N–H and O–H groups in total. The number of hydrogen-bond acceptors (Lipinski definition) is 2. The Hall–Kier alpha value is -1.22. The van der Waals surface area contributed by atoms with Crippen molar-refractivity contribution in [2.45, 2.75) is 34.1 Å². The second-order valence-corrected chi connectivity index (χ2v) is 5.73. The highest BCUT2D eigenvalue weighted by Crippen LogP contribution is 2.26. The number of anilines is 1. The lowest BCUT2D eigenvalue weighted by atomic mass is 10.1. The second kappa shape index (κ2) is 7.39. The van der Waals surface area contributed by atoms with Gasteiger partial charge in [-0.25, -0.2) is 0 Å². The van der Waals surface area contributed by atoms with Crippen molar-refractivity contribution in [3.8, 4) is 0 Å². The van der Waals surface area contributed by atoms with Crippen LogP contribution in [0.15, 0.2) is 12.1 Å². The van der Waals surface area contributed by atoms with Gasteiger partial charge in [0, 0.05) is 6.54 Å². The molecule has 19 heavy (non-hydrogen) atoms. The first kappa shape index (κ1) is 15.8. The molecular formula is C15H23ClN2O. The minimum Gasteiger partial charge on any atom is -0.375 e. The maximum atomic E-state index is 11.7. The topological polar surface area (TPSA) is 41.1 Å². The summed E-state index contributed by atoms with van der Waals surface area (Å²) in [6.45, 7) is 9.24. The predicted octanol–water partition coefficient (Wildman–Crippen LogP) is 3.53. The average Bonchev–Trinajstić information content (AvgIpc) is 2.26.